The molecule has 0 fully saturated rings. The van der Waals surface area contributed by atoms with E-state index in [1.807, 2.05) is 24.4 Å². The number of methoxy groups -OCH3 is 1. The van der Waals surface area contributed by atoms with Gasteiger partial charge in [-0.15, -0.1) is 0 Å². The monoisotopic (exact) mass is 229 g/mol. The predicted molar refractivity (Wildman–Crippen MR) is 67.2 cm³/mol. The number of ether oxygens (including phenoxy) is 1. The summed E-state index contributed by atoms with van der Waals surface area (Å²) in [6.45, 7) is 0.860. The quantitative estimate of drug-likeness (QED) is 0.853. The van der Waals surface area contributed by atoms with Crippen LogP contribution in [0.2, 0.25) is 0 Å². The number of rotatable bonds is 5. The van der Waals surface area contributed by atoms with E-state index in [0.29, 0.717) is 5.88 Å². The molecule has 0 unspecified atom stereocenters. The van der Waals surface area contributed by atoms with Gasteiger partial charge in [-0.05, 0) is 24.1 Å². The fraction of sp³-hybridized carbons (Fsp3) is 0.231. The lowest BCUT2D eigenvalue weighted by Crippen LogP contribution is -2.05. The highest BCUT2D eigenvalue weighted by molar-refractivity contribution is 5.45. The fourth-order valence-electron chi connectivity index (χ4n) is 1.53. The van der Waals surface area contributed by atoms with Gasteiger partial charge >= 0.3 is 0 Å². The fourth-order valence-corrected chi connectivity index (χ4v) is 1.53. The highest BCUT2D eigenvalue weighted by Crippen LogP contribution is 2.13. The highest BCUT2D eigenvalue weighted by Gasteiger charge is 1.96. The molecule has 0 saturated heterocycles. The summed E-state index contributed by atoms with van der Waals surface area (Å²) in [5.41, 5.74) is 2.24. The molecule has 2 aromatic rings. The zero-order chi connectivity index (χ0) is 11.9. The third-order valence-corrected chi connectivity index (χ3v) is 2.41. The van der Waals surface area contributed by atoms with E-state index in [1.54, 1.807) is 19.5 Å². The Balaban J connectivity index is 1.86. The van der Waals surface area contributed by atoms with Crippen LogP contribution in [0, 0.1) is 0 Å². The van der Waals surface area contributed by atoms with Crippen molar-refractivity contribution in [2.75, 3.05) is 19.0 Å². The summed E-state index contributed by atoms with van der Waals surface area (Å²) >= 11 is 0. The maximum atomic E-state index is 5.06. The number of pyridine rings is 2. The summed E-state index contributed by atoms with van der Waals surface area (Å²) in [6, 6.07) is 7.82. The van der Waals surface area contributed by atoms with Gasteiger partial charge in [0.25, 0.3) is 0 Å². The van der Waals surface area contributed by atoms with Crippen molar-refractivity contribution < 1.29 is 4.74 Å². The lowest BCUT2D eigenvalue weighted by atomic mass is 10.2. The van der Waals surface area contributed by atoms with Crippen LogP contribution in [0.25, 0.3) is 0 Å². The van der Waals surface area contributed by atoms with Gasteiger partial charge in [0.1, 0.15) is 0 Å². The molecule has 2 aromatic heterocycles. The Morgan fingerprint density at radius 1 is 1.29 bits per heavy atom. The number of anilines is 1. The summed E-state index contributed by atoms with van der Waals surface area (Å²) < 4.78 is 5.06. The minimum Gasteiger partial charge on any atom is -0.481 e. The highest BCUT2D eigenvalue weighted by atomic mass is 16.5. The molecular formula is C13H15N3O. The van der Waals surface area contributed by atoms with E-state index in [1.165, 1.54) is 5.56 Å². The molecular weight excluding hydrogens is 214 g/mol. The van der Waals surface area contributed by atoms with Crippen LogP contribution in [0.5, 0.6) is 5.88 Å². The van der Waals surface area contributed by atoms with E-state index in [4.69, 9.17) is 4.74 Å². The zero-order valence-corrected chi connectivity index (χ0v) is 9.76. The van der Waals surface area contributed by atoms with Crippen LogP contribution in [0.4, 0.5) is 5.69 Å². The molecule has 2 rings (SSSR count). The largest absolute Gasteiger partial charge is 0.481 e. The number of hydrogen-bond acceptors (Lipinski definition) is 4. The molecule has 0 aliphatic rings. The number of nitrogens with zero attached hydrogens (tertiary/aromatic N) is 2. The Morgan fingerprint density at radius 3 is 3.00 bits per heavy atom. The van der Waals surface area contributed by atoms with Gasteiger partial charge in [-0.2, -0.15) is 0 Å². The number of hydrogen-bond donors (Lipinski definition) is 1. The lowest BCUT2D eigenvalue weighted by Gasteiger charge is -2.07. The van der Waals surface area contributed by atoms with Crippen molar-refractivity contribution in [2.45, 2.75) is 6.42 Å². The molecule has 0 spiro atoms. The Hall–Kier alpha value is -2.10. The smallest absolute Gasteiger partial charge is 0.214 e. The normalized spacial score (nSPS) is 9.94. The molecule has 0 aliphatic carbocycles. The summed E-state index contributed by atoms with van der Waals surface area (Å²) in [7, 11) is 1.61. The summed E-state index contributed by atoms with van der Waals surface area (Å²) in [4.78, 5) is 8.13. The van der Waals surface area contributed by atoms with Crippen molar-refractivity contribution in [3.05, 3.63) is 48.4 Å². The second kappa shape index (κ2) is 5.84. The molecule has 1 N–H and O–H groups in total. The number of nitrogens with one attached hydrogen (secondary N) is 1. The van der Waals surface area contributed by atoms with Gasteiger partial charge in [-0.25, -0.2) is 4.98 Å². The third-order valence-electron chi connectivity index (χ3n) is 2.41. The second-order valence-electron chi connectivity index (χ2n) is 3.62. The van der Waals surface area contributed by atoms with E-state index in [2.05, 4.69) is 21.4 Å². The van der Waals surface area contributed by atoms with Crippen LogP contribution < -0.4 is 10.1 Å². The molecule has 4 nitrogen and oxygen atoms in total. The molecule has 0 bridgehead atoms. The SMILES string of the molecule is COc1cc(NCCc2cccnc2)ccn1. The molecule has 17 heavy (non-hydrogen) atoms. The Labute approximate surface area is 101 Å². The summed E-state index contributed by atoms with van der Waals surface area (Å²) in [5, 5.41) is 3.32. The van der Waals surface area contributed by atoms with Crippen molar-refractivity contribution >= 4 is 5.69 Å². The van der Waals surface area contributed by atoms with Gasteiger partial charge < -0.3 is 10.1 Å². The molecule has 0 saturated carbocycles. The molecule has 0 radical (unpaired) electrons. The minimum atomic E-state index is 0.622. The average molecular weight is 229 g/mol. The average Bonchev–Trinajstić information content (AvgIpc) is 2.40. The topological polar surface area (TPSA) is 47.0 Å². The van der Waals surface area contributed by atoms with Crippen molar-refractivity contribution in [3.8, 4) is 5.88 Å². The van der Waals surface area contributed by atoms with Gasteiger partial charge in [-0.1, -0.05) is 6.07 Å². The van der Waals surface area contributed by atoms with E-state index in [0.717, 1.165) is 18.7 Å². The first-order chi connectivity index (χ1) is 8.38. The molecule has 0 aromatic carbocycles. The molecule has 4 heteroatoms. The maximum absolute atomic E-state index is 5.06. The first kappa shape index (κ1) is 11.4. The maximum Gasteiger partial charge on any atom is 0.214 e. The molecule has 2 heterocycles. The summed E-state index contributed by atoms with van der Waals surface area (Å²) in [5.74, 6) is 0.622. The second-order valence-corrected chi connectivity index (χ2v) is 3.62. The van der Waals surface area contributed by atoms with Crippen molar-refractivity contribution in [3.63, 3.8) is 0 Å². The Bertz CT molecular complexity index is 459. The van der Waals surface area contributed by atoms with Crippen LogP contribution in [0.3, 0.4) is 0 Å². The Kier molecular flexibility index (Phi) is 3.91. The van der Waals surface area contributed by atoms with Crippen LogP contribution in [0.15, 0.2) is 42.9 Å². The van der Waals surface area contributed by atoms with Gasteiger partial charge in [0, 0.05) is 36.9 Å². The first-order valence-electron chi connectivity index (χ1n) is 5.51. The van der Waals surface area contributed by atoms with E-state index in [9.17, 15) is 0 Å². The van der Waals surface area contributed by atoms with Crippen LogP contribution in [-0.4, -0.2) is 23.6 Å². The Morgan fingerprint density at radius 2 is 2.24 bits per heavy atom. The van der Waals surface area contributed by atoms with Gasteiger partial charge in [-0.3, -0.25) is 4.98 Å². The first-order valence-corrected chi connectivity index (χ1v) is 5.51. The van der Waals surface area contributed by atoms with E-state index < -0.39 is 0 Å². The summed E-state index contributed by atoms with van der Waals surface area (Å²) in [6.07, 6.45) is 6.34. The molecule has 0 amide bonds. The van der Waals surface area contributed by atoms with Gasteiger partial charge in [0.15, 0.2) is 0 Å². The van der Waals surface area contributed by atoms with E-state index >= 15 is 0 Å². The van der Waals surface area contributed by atoms with Gasteiger partial charge in [0.2, 0.25) is 5.88 Å². The van der Waals surface area contributed by atoms with E-state index in [-0.39, 0.29) is 0 Å². The third kappa shape index (κ3) is 3.45. The zero-order valence-electron chi connectivity index (χ0n) is 9.76. The molecule has 0 aliphatic heterocycles. The van der Waals surface area contributed by atoms with Crippen molar-refractivity contribution in [1.29, 1.82) is 0 Å². The van der Waals surface area contributed by atoms with Crippen LogP contribution >= 0.6 is 0 Å². The van der Waals surface area contributed by atoms with Crippen molar-refractivity contribution in [1.82, 2.24) is 9.97 Å². The van der Waals surface area contributed by atoms with Crippen molar-refractivity contribution in [2.24, 2.45) is 0 Å². The lowest BCUT2D eigenvalue weighted by molar-refractivity contribution is 0.398. The predicted octanol–water partition coefficient (Wildman–Crippen LogP) is 2.14. The van der Waals surface area contributed by atoms with Crippen LogP contribution in [0.1, 0.15) is 5.56 Å². The number of aromatic nitrogens is 2. The minimum absolute atomic E-state index is 0.622. The standard InChI is InChI=1S/C13H15N3O/c1-17-13-9-12(5-8-16-13)15-7-4-11-3-2-6-14-10-11/h2-3,5-6,8-10H,4,7H2,1H3,(H,15,16). The molecule has 0 atom stereocenters. The molecule has 88 valence electrons. The van der Waals surface area contributed by atoms with Gasteiger partial charge in [0.05, 0.1) is 7.11 Å². The van der Waals surface area contributed by atoms with Crippen LogP contribution in [-0.2, 0) is 6.42 Å².